The van der Waals surface area contributed by atoms with Gasteiger partial charge in [0.1, 0.15) is 0 Å². The quantitative estimate of drug-likeness (QED) is 0.840. The molecule has 1 fully saturated rings. The van der Waals surface area contributed by atoms with Crippen molar-refractivity contribution < 1.29 is 8.42 Å². The topological polar surface area (TPSA) is 37.4 Å². The highest BCUT2D eigenvalue weighted by molar-refractivity contribution is 7.97. The van der Waals surface area contributed by atoms with Crippen molar-refractivity contribution in [2.24, 2.45) is 0 Å². The molecular formula is C12H17NO2S2. The van der Waals surface area contributed by atoms with Crippen molar-refractivity contribution in [1.29, 1.82) is 0 Å². The molecule has 94 valence electrons. The molecule has 0 amide bonds. The van der Waals surface area contributed by atoms with Crippen LogP contribution in [0, 0.1) is 0 Å². The normalized spacial score (nSPS) is 19.2. The molecule has 2 rings (SSSR count). The molecule has 17 heavy (non-hydrogen) atoms. The van der Waals surface area contributed by atoms with Crippen LogP contribution in [0.2, 0.25) is 0 Å². The van der Waals surface area contributed by atoms with Crippen molar-refractivity contribution in [3.8, 4) is 0 Å². The third-order valence-corrected chi connectivity index (χ3v) is 5.19. The molecule has 1 heterocycles. The number of benzene rings is 1. The fourth-order valence-corrected chi connectivity index (χ4v) is 3.67. The molecule has 0 aromatic heterocycles. The average molecular weight is 271 g/mol. The minimum Gasteiger partial charge on any atom is -0.369 e. The average Bonchev–Trinajstić information content (AvgIpc) is 2.31. The Balaban J connectivity index is 2.03. The first-order valence-electron chi connectivity index (χ1n) is 5.64. The van der Waals surface area contributed by atoms with Crippen LogP contribution in [-0.2, 0) is 15.6 Å². The van der Waals surface area contributed by atoms with E-state index in [1.54, 1.807) is 11.8 Å². The number of anilines is 1. The first-order chi connectivity index (χ1) is 8.11. The number of nitrogens with zero attached hydrogens (tertiary/aromatic N) is 1. The second-order valence-corrected chi connectivity index (χ2v) is 7.41. The van der Waals surface area contributed by atoms with E-state index in [0.717, 1.165) is 11.4 Å². The van der Waals surface area contributed by atoms with Gasteiger partial charge in [0.05, 0.1) is 11.5 Å². The van der Waals surface area contributed by atoms with Gasteiger partial charge >= 0.3 is 0 Å². The van der Waals surface area contributed by atoms with Crippen molar-refractivity contribution in [2.75, 3.05) is 35.8 Å². The Kier molecular flexibility index (Phi) is 3.99. The van der Waals surface area contributed by atoms with Crippen LogP contribution in [0.25, 0.3) is 0 Å². The molecule has 0 unspecified atom stereocenters. The molecule has 0 N–H and O–H groups in total. The minimum atomic E-state index is -2.79. The molecule has 1 saturated heterocycles. The number of thioether (sulfide) groups is 1. The summed E-state index contributed by atoms with van der Waals surface area (Å²) < 4.78 is 22.7. The zero-order valence-electron chi connectivity index (χ0n) is 9.93. The van der Waals surface area contributed by atoms with Crippen LogP contribution in [0.1, 0.15) is 5.56 Å². The van der Waals surface area contributed by atoms with Crippen LogP contribution >= 0.6 is 11.8 Å². The van der Waals surface area contributed by atoms with E-state index >= 15 is 0 Å². The van der Waals surface area contributed by atoms with Gasteiger partial charge in [0.25, 0.3) is 0 Å². The Hall–Kier alpha value is -0.680. The van der Waals surface area contributed by atoms with E-state index in [-0.39, 0.29) is 11.5 Å². The van der Waals surface area contributed by atoms with E-state index in [0.29, 0.717) is 13.1 Å². The number of hydrogen-bond donors (Lipinski definition) is 0. The lowest BCUT2D eigenvalue weighted by molar-refractivity contribution is 0.587. The lowest BCUT2D eigenvalue weighted by Gasteiger charge is -2.28. The van der Waals surface area contributed by atoms with Gasteiger partial charge in [-0.1, -0.05) is 12.1 Å². The summed E-state index contributed by atoms with van der Waals surface area (Å²) >= 11 is 1.80. The largest absolute Gasteiger partial charge is 0.369 e. The molecule has 1 aliphatic heterocycles. The van der Waals surface area contributed by atoms with Gasteiger partial charge in [-0.15, -0.1) is 0 Å². The Bertz CT molecular complexity index is 454. The maximum atomic E-state index is 11.3. The van der Waals surface area contributed by atoms with Crippen LogP contribution in [0.15, 0.2) is 24.3 Å². The summed E-state index contributed by atoms with van der Waals surface area (Å²) in [7, 11) is -2.79. The second-order valence-electron chi connectivity index (χ2n) is 4.24. The molecule has 0 radical (unpaired) electrons. The highest BCUT2D eigenvalue weighted by Crippen LogP contribution is 2.19. The van der Waals surface area contributed by atoms with Crippen LogP contribution in [0.5, 0.6) is 0 Å². The first-order valence-corrected chi connectivity index (χ1v) is 8.85. The number of sulfone groups is 1. The molecular weight excluding hydrogens is 254 g/mol. The molecule has 1 aliphatic rings. The molecule has 5 heteroatoms. The minimum absolute atomic E-state index is 0.277. The lowest BCUT2D eigenvalue weighted by Crippen LogP contribution is -2.40. The predicted molar refractivity (Wildman–Crippen MR) is 74.5 cm³/mol. The van der Waals surface area contributed by atoms with Gasteiger partial charge in [0.15, 0.2) is 9.84 Å². The Morgan fingerprint density at radius 2 is 1.76 bits per heavy atom. The van der Waals surface area contributed by atoms with Gasteiger partial charge in [-0.05, 0) is 24.0 Å². The van der Waals surface area contributed by atoms with E-state index in [4.69, 9.17) is 0 Å². The Morgan fingerprint density at radius 1 is 1.18 bits per heavy atom. The number of rotatable bonds is 3. The van der Waals surface area contributed by atoms with Crippen molar-refractivity contribution in [2.45, 2.75) is 5.75 Å². The maximum absolute atomic E-state index is 11.3. The van der Waals surface area contributed by atoms with Crippen molar-refractivity contribution in [3.63, 3.8) is 0 Å². The molecule has 1 aromatic carbocycles. The molecule has 0 aliphatic carbocycles. The van der Waals surface area contributed by atoms with E-state index in [1.807, 2.05) is 0 Å². The van der Waals surface area contributed by atoms with Crippen molar-refractivity contribution >= 4 is 27.3 Å². The SMILES string of the molecule is CSCc1ccc(N2CCS(=O)(=O)CC2)cc1. The van der Waals surface area contributed by atoms with E-state index in [9.17, 15) is 8.42 Å². The molecule has 0 atom stereocenters. The van der Waals surface area contributed by atoms with Gasteiger partial charge < -0.3 is 4.90 Å². The van der Waals surface area contributed by atoms with E-state index in [1.165, 1.54) is 5.56 Å². The smallest absolute Gasteiger partial charge is 0.153 e. The zero-order valence-corrected chi connectivity index (χ0v) is 11.6. The van der Waals surface area contributed by atoms with Crippen LogP contribution in [0.3, 0.4) is 0 Å². The summed E-state index contributed by atoms with van der Waals surface area (Å²) in [5.74, 6) is 1.58. The van der Waals surface area contributed by atoms with E-state index in [2.05, 4.69) is 35.4 Å². The van der Waals surface area contributed by atoms with Gasteiger partial charge in [-0.25, -0.2) is 8.42 Å². The third kappa shape index (κ3) is 3.39. The Morgan fingerprint density at radius 3 is 2.29 bits per heavy atom. The second kappa shape index (κ2) is 5.31. The monoisotopic (exact) mass is 271 g/mol. The molecule has 0 saturated carbocycles. The fraction of sp³-hybridized carbons (Fsp3) is 0.500. The number of hydrogen-bond acceptors (Lipinski definition) is 4. The van der Waals surface area contributed by atoms with Gasteiger partial charge in [-0.3, -0.25) is 0 Å². The molecule has 1 aromatic rings. The predicted octanol–water partition coefficient (Wildman–Crippen LogP) is 1.78. The summed E-state index contributed by atoms with van der Waals surface area (Å²) in [5, 5.41) is 0. The van der Waals surface area contributed by atoms with Crippen LogP contribution in [0.4, 0.5) is 5.69 Å². The summed E-state index contributed by atoms with van der Waals surface area (Å²) in [6.45, 7) is 1.23. The zero-order chi connectivity index (χ0) is 12.3. The van der Waals surface area contributed by atoms with E-state index < -0.39 is 9.84 Å². The summed E-state index contributed by atoms with van der Waals surface area (Å²) in [6.07, 6.45) is 2.09. The third-order valence-electron chi connectivity index (χ3n) is 2.96. The highest BCUT2D eigenvalue weighted by Gasteiger charge is 2.21. The standard InChI is InChI=1S/C12H17NO2S2/c1-16-10-11-2-4-12(5-3-11)13-6-8-17(14,15)9-7-13/h2-5H,6-10H2,1H3. The molecule has 0 spiro atoms. The van der Waals surface area contributed by atoms with Gasteiger partial charge in [0.2, 0.25) is 0 Å². The van der Waals surface area contributed by atoms with Gasteiger partial charge in [-0.2, -0.15) is 11.8 Å². The summed E-state index contributed by atoms with van der Waals surface area (Å²) in [6, 6.07) is 8.41. The first kappa shape index (κ1) is 12.8. The maximum Gasteiger partial charge on any atom is 0.153 e. The Labute approximate surface area is 107 Å². The van der Waals surface area contributed by atoms with Crippen LogP contribution < -0.4 is 4.90 Å². The summed E-state index contributed by atoms with van der Waals surface area (Å²) in [5.41, 5.74) is 2.44. The van der Waals surface area contributed by atoms with Gasteiger partial charge in [0, 0.05) is 24.5 Å². The molecule has 0 bridgehead atoms. The van der Waals surface area contributed by atoms with Crippen molar-refractivity contribution in [3.05, 3.63) is 29.8 Å². The highest BCUT2D eigenvalue weighted by atomic mass is 32.2. The fourth-order valence-electron chi connectivity index (χ4n) is 1.94. The lowest BCUT2D eigenvalue weighted by atomic mass is 10.2. The van der Waals surface area contributed by atoms with Crippen LogP contribution in [-0.4, -0.2) is 39.3 Å². The summed E-state index contributed by atoms with van der Waals surface area (Å²) in [4.78, 5) is 2.14. The molecule has 3 nitrogen and oxygen atoms in total. The van der Waals surface area contributed by atoms with Crippen molar-refractivity contribution in [1.82, 2.24) is 0 Å².